The predicted molar refractivity (Wildman–Crippen MR) is 156 cm³/mol. The molecule has 1 amide bonds. The third-order valence-corrected chi connectivity index (χ3v) is 6.84. The summed E-state index contributed by atoms with van der Waals surface area (Å²) in [6, 6.07) is 17.6. The highest BCUT2D eigenvalue weighted by molar-refractivity contribution is 5.97. The minimum atomic E-state index is -0.110. The third-order valence-electron chi connectivity index (χ3n) is 6.84. The monoisotopic (exact) mass is 545 g/mol. The molecule has 0 fully saturated rings. The molecule has 3 N–H and O–H groups in total. The summed E-state index contributed by atoms with van der Waals surface area (Å²) >= 11 is 0. The van der Waals surface area contributed by atoms with Crippen LogP contribution in [-0.2, 0) is 4.79 Å². The van der Waals surface area contributed by atoms with E-state index >= 15 is 0 Å². The second-order valence-electron chi connectivity index (χ2n) is 11.3. The standard InChI is InChI=1S/C31H27N7O3/c1-31(2,3)13-26(39)33-19-11-18(14-32-15-19)21-8-9-23-28(34-21)29(38-37-23)30-35-22-6-4-5-20(27(22)36-30)17-7-10-24-25(12-17)41-16-40-24/h4-12,14-15H,13,16H2,1-3H3,(H,33,39)(H,35,36)(H,37,38). The van der Waals surface area contributed by atoms with Crippen molar-refractivity contribution in [3.8, 4) is 45.4 Å². The number of benzene rings is 2. The molecule has 204 valence electrons. The van der Waals surface area contributed by atoms with Crippen molar-refractivity contribution in [2.45, 2.75) is 27.2 Å². The van der Waals surface area contributed by atoms with E-state index in [0.29, 0.717) is 34.8 Å². The summed E-state index contributed by atoms with van der Waals surface area (Å²) in [5, 5.41) is 10.6. The number of anilines is 1. The van der Waals surface area contributed by atoms with Gasteiger partial charge in [0.15, 0.2) is 23.0 Å². The van der Waals surface area contributed by atoms with Gasteiger partial charge in [-0.2, -0.15) is 5.10 Å². The normalized spacial score (nSPS) is 12.8. The van der Waals surface area contributed by atoms with Crippen LogP contribution in [0.15, 0.2) is 67.0 Å². The van der Waals surface area contributed by atoms with E-state index in [9.17, 15) is 4.79 Å². The molecule has 4 aromatic heterocycles. The Morgan fingerprint density at radius 3 is 2.68 bits per heavy atom. The molecular weight excluding hydrogens is 518 g/mol. The molecule has 0 saturated carbocycles. The van der Waals surface area contributed by atoms with Gasteiger partial charge in [-0.1, -0.05) is 39.0 Å². The first-order valence-electron chi connectivity index (χ1n) is 13.3. The minimum Gasteiger partial charge on any atom is -0.454 e. The highest BCUT2D eigenvalue weighted by Gasteiger charge is 2.20. The molecule has 0 radical (unpaired) electrons. The number of H-pyrrole nitrogens is 2. The molecule has 0 spiro atoms. The number of nitrogens with zero attached hydrogens (tertiary/aromatic N) is 4. The van der Waals surface area contributed by atoms with Gasteiger partial charge in [0.05, 0.1) is 34.1 Å². The van der Waals surface area contributed by atoms with Crippen LogP contribution in [0.1, 0.15) is 27.2 Å². The number of rotatable bonds is 5. The van der Waals surface area contributed by atoms with Crippen molar-refractivity contribution in [3.05, 3.63) is 67.0 Å². The zero-order chi connectivity index (χ0) is 28.1. The molecule has 0 atom stereocenters. The number of aromatic amines is 2. The van der Waals surface area contributed by atoms with Crippen LogP contribution in [0.25, 0.3) is 56.0 Å². The van der Waals surface area contributed by atoms with Crippen LogP contribution in [0.5, 0.6) is 11.5 Å². The fourth-order valence-corrected chi connectivity index (χ4v) is 5.00. The Morgan fingerprint density at radius 1 is 0.927 bits per heavy atom. The molecule has 6 aromatic rings. The van der Waals surface area contributed by atoms with E-state index < -0.39 is 0 Å². The Bertz CT molecular complexity index is 1950. The Balaban J connectivity index is 1.24. The highest BCUT2D eigenvalue weighted by atomic mass is 16.7. The van der Waals surface area contributed by atoms with Crippen molar-refractivity contribution in [3.63, 3.8) is 0 Å². The lowest BCUT2D eigenvalue weighted by atomic mass is 9.92. The van der Waals surface area contributed by atoms with Gasteiger partial charge >= 0.3 is 0 Å². The molecule has 1 aliphatic rings. The van der Waals surface area contributed by atoms with Crippen LogP contribution in [0, 0.1) is 5.41 Å². The Hall–Kier alpha value is -5.25. The van der Waals surface area contributed by atoms with Crippen molar-refractivity contribution >= 4 is 33.7 Å². The average Bonchev–Trinajstić information content (AvgIpc) is 3.68. The van der Waals surface area contributed by atoms with E-state index in [2.05, 4.69) is 25.5 Å². The van der Waals surface area contributed by atoms with Crippen molar-refractivity contribution in [1.29, 1.82) is 0 Å². The molecule has 10 heteroatoms. The van der Waals surface area contributed by atoms with Gasteiger partial charge in [-0.25, -0.2) is 9.97 Å². The number of carbonyl (C=O) groups is 1. The lowest BCUT2D eigenvalue weighted by molar-refractivity contribution is -0.117. The van der Waals surface area contributed by atoms with E-state index in [0.717, 1.165) is 44.7 Å². The number of fused-ring (bicyclic) bond motifs is 3. The first-order valence-corrected chi connectivity index (χ1v) is 13.3. The maximum absolute atomic E-state index is 12.5. The van der Waals surface area contributed by atoms with Gasteiger partial charge in [0, 0.05) is 23.7 Å². The van der Waals surface area contributed by atoms with Gasteiger partial charge in [-0.05, 0) is 47.4 Å². The second kappa shape index (κ2) is 9.44. The number of pyridine rings is 2. The fourth-order valence-electron chi connectivity index (χ4n) is 5.00. The van der Waals surface area contributed by atoms with Crippen molar-refractivity contribution in [2.75, 3.05) is 12.1 Å². The Kier molecular flexibility index (Phi) is 5.70. The summed E-state index contributed by atoms with van der Waals surface area (Å²) in [6.45, 7) is 6.32. The summed E-state index contributed by atoms with van der Waals surface area (Å²) in [5.41, 5.74) is 7.70. The maximum atomic E-state index is 12.5. The molecule has 0 unspecified atom stereocenters. The van der Waals surface area contributed by atoms with Crippen molar-refractivity contribution < 1.29 is 14.3 Å². The first-order chi connectivity index (χ1) is 19.8. The van der Waals surface area contributed by atoms with E-state index in [4.69, 9.17) is 19.4 Å². The number of para-hydroxylation sites is 1. The van der Waals surface area contributed by atoms with Crippen LogP contribution in [0.4, 0.5) is 5.69 Å². The molecule has 7 rings (SSSR count). The number of carbonyl (C=O) groups excluding carboxylic acids is 1. The summed E-state index contributed by atoms with van der Waals surface area (Å²) in [5.74, 6) is 2.01. The molecule has 1 aliphatic heterocycles. The van der Waals surface area contributed by atoms with Crippen molar-refractivity contribution in [1.82, 2.24) is 30.1 Å². The molecule has 2 aromatic carbocycles. The van der Waals surface area contributed by atoms with Crippen molar-refractivity contribution in [2.24, 2.45) is 5.41 Å². The SMILES string of the molecule is CC(C)(C)CC(=O)Nc1cncc(-c2ccc3[nH]nc(-c4nc5c(-c6ccc7c(c6)OCO7)cccc5[nH]4)c3n2)c1. The van der Waals surface area contributed by atoms with E-state index in [1.165, 1.54) is 0 Å². The van der Waals surface area contributed by atoms with E-state index in [1.807, 2.05) is 75.4 Å². The van der Waals surface area contributed by atoms with Crippen LogP contribution < -0.4 is 14.8 Å². The minimum absolute atomic E-state index is 0.0537. The van der Waals surface area contributed by atoms with Gasteiger partial charge in [0.1, 0.15) is 5.52 Å². The van der Waals surface area contributed by atoms with Crippen LogP contribution in [0.3, 0.4) is 0 Å². The summed E-state index contributed by atoms with van der Waals surface area (Å²) in [7, 11) is 0. The van der Waals surface area contributed by atoms with Gasteiger partial charge in [-0.3, -0.25) is 14.9 Å². The Labute approximate surface area is 235 Å². The zero-order valence-corrected chi connectivity index (χ0v) is 22.8. The lowest BCUT2D eigenvalue weighted by Crippen LogP contribution is -2.19. The smallest absolute Gasteiger partial charge is 0.231 e. The molecule has 10 nitrogen and oxygen atoms in total. The second-order valence-corrected chi connectivity index (χ2v) is 11.3. The van der Waals surface area contributed by atoms with Gasteiger partial charge in [-0.15, -0.1) is 0 Å². The summed E-state index contributed by atoms with van der Waals surface area (Å²) in [6.07, 6.45) is 3.78. The molecule has 5 heterocycles. The summed E-state index contributed by atoms with van der Waals surface area (Å²) < 4.78 is 11.0. The van der Waals surface area contributed by atoms with Crippen LogP contribution in [0.2, 0.25) is 0 Å². The zero-order valence-electron chi connectivity index (χ0n) is 22.8. The first kappa shape index (κ1) is 24.8. The largest absolute Gasteiger partial charge is 0.454 e. The summed E-state index contributed by atoms with van der Waals surface area (Å²) in [4.78, 5) is 30.1. The molecular formula is C31H27N7O3. The lowest BCUT2D eigenvalue weighted by Gasteiger charge is -2.17. The number of hydrogen-bond donors (Lipinski definition) is 3. The van der Waals surface area contributed by atoms with E-state index in [1.54, 1.807) is 12.4 Å². The van der Waals surface area contributed by atoms with Crippen LogP contribution >= 0.6 is 0 Å². The Morgan fingerprint density at radius 2 is 1.80 bits per heavy atom. The average molecular weight is 546 g/mol. The quantitative estimate of drug-likeness (QED) is 0.231. The number of hydrogen-bond acceptors (Lipinski definition) is 7. The third kappa shape index (κ3) is 4.73. The van der Waals surface area contributed by atoms with Gasteiger partial charge in [0.2, 0.25) is 12.7 Å². The molecule has 41 heavy (non-hydrogen) atoms. The highest BCUT2D eigenvalue weighted by Crippen LogP contribution is 2.38. The predicted octanol–water partition coefficient (Wildman–Crippen LogP) is 6.33. The maximum Gasteiger partial charge on any atom is 0.231 e. The number of imidazole rings is 1. The number of amides is 1. The van der Waals surface area contributed by atoms with Crippen LogP contribution in [-0.4, -0.2) is 42.8 Å². The number of nitrogens with one attached hydrogen (secondary N) is 3. The number of aromatic nitrogens is 6. The molecule has 0 saturated heterocycles. The molecule has 0 bridgehead atoms. The number of ether oxygens (including phenoxy) is 2. The molecule has 0 aliphatic carbocycles. The van der Waals surface area contributed by atoms with Gasteiger partial charge in [0.25, 0.3) is 0 Å². The van der Waals surface area contributed by atoms with E-state index in [-0.39, 0.29) is 18.1 Å². The topological polar surface area (TPSA) is 131 Å². The van der Waals surface area contributed by atoms with Gasteiger partial charge < -0.3 is 19.8 Å². The fraction of sp³-hybridized carbons (Fsp3) is 0.194.